The molecule has 9 atom stereocenters. The third-order valence-electron chi connectivity index (χ3n) is 9.49. The number of amides is 3. The second kappa shape index (κ2) is 14.4. The van der Waals surface area contributed by atoms with Crippen LogP contribution in [0.15, 0.2) is 55.6 Å². The molecule has 3 fully saturated rings. The van der Waals surface area contributed by atoms with Crippen molar-refractivity contribution in [2.75, 3.05) is 13.2 Å². The van der Waals surface area contributed by atoms with Gasteiger partial charge in [-0.3, -0.25) is 19.2 Å². The minimum absolute atomic E-state index is 0.201. The van der Waals surface area contributed by atoms with E-state index in [4.69, 9.17) is 9.47 Å². The van der Waals surface area contributed by atoms with Gasteiger partial charge in [-0.2, -0.15) is 0 Å². The Balaban J connectivity index is 1.74. The number of carbonyl (C=O) groups excluding carboxylic acids is 4. The number of aliphatic hydroxyl groups excluding tert-OH is 1. The molecule has 1 spiro atoms. The average molecular weight is 703 g/mol. The number of hydrogen-bond acceptors (Lipinski definition) is 7. The van der Waals surface area contributed by atoms with Crippen LogP contribution in [0.2, 0.25) is 0 Å². The van der Waals surface area contributed by atoms with E-state index in [2.05, 4.69) is 34.4 Å². The lowest BCUT2D eigenvalue weighted by atomic mass is 9.70. The van der Waals surface area contributed by atoms with E-state index in [1.165, 1.54) is 4.90 Å². The summed E-state index contributed by atoms with van der Waals surface area (Å²) in [5, 5.41) is 13.3. The van der Waals surface area contributed by atoms with E-state index < -0.39 is 65.2 Å². The minimum atomic E-state index is -1.31. The molecule has 2 N–H and O–H groups in total. The Kier molecular flexibility index (Phi) is 11.2. The summed E-state index contributed by atoms with van der Waals surface area (Å²) < 4.78 is 12.9. The lowest BCUT2D eigenvalue weighted by molar-refractivity contribution is -0.162. The maximum Gasteiger partial charge on any atom is 0.313 e. The van der Waals surface area contributed by atoms with Crippen LogP contribution in [-0.2, 0) is 28.7 Å². The summed E-state index contributed by atoms with van der Waals surface area (Å²) in [4.78, 5) is 58.8. The molecule has 1 aromatic carbocycles. The summed E-state index contributed by atoms with van der Waals surface area (Å²) in [6.45, 7) is 16.8. The summed E-state index contributed by atoms with van der Waals surface area (Å²) in [5.74, 6) is -3.57. The molecule has 1 aromatic rings. The SMILES string of the molecule is C=CCCC(=O)N[C@H](C)[C@@H](OC(=O)[C@H]1[C@@H]2O[C@@]3(CC2Br)[C@@H]1C(=O)N([C@@H](CC)CO)[C@@H]3C(=O)N(CC=C)C(C)(C)C)c1ccccc1. The lowest BCUT2D eigenvalue weighted by Crippen LogP contribution is -2.61. The van der Waals surface area contributed by atoms with Crippen molar-refractivity contribution < 1.29 is 33.8 Å². The molecule has 3 amide bonds. The maximum atomic E-state index is 14.6. The fourth-order valence-electron chi connectivity index (χ4n) is 7.33. The molecular weight excluding hydrogens is 654 g/mol. The van der Waals surface area contributed by atoms with Gasteiger partial charge < -0.3 is 29.7 Å². The Bertz CT molecular complexity index is 1310. The summed E-state index contributed by atoms with van der Waals surface area (Å²) in [7, 11) is 0. The van der Waals surface area contributed by atoms with Gasteiger partial charge in [-0.1, -0.05) is 65.3 Å². The first-order chi connectivity index (χ1) is 21.8. The maximum absolute atomic E-state index is 14.6. The number of likely N-dealkylation sites (tertiary alicyclic amines) is 1. The zero-order valence-corrected chi connectivity index (χ0v) is 29.1. The van der Waals surface area contributed by atoms with Gasteiger partial charge in [-0.25, -0.2) is 0 Å². The third-order valence-corrected chi connectivity index (χ3v) is 10.3. The molecule has 2 bridgehead atoms. The van der Waals surface area contributed by atoms with Crippen molar-refractivity contribution in [2.24, 2.45) is 11.8 Å². The number of nitrogens with one attached hydrogen (secondary N) is 1. The van der Waals surface area contributed by atoms with E-state index in [9.17, 15) is 24.3 Å². The van der Waals surface area contributed by atoms with Gasteiger partial charge >= 0.3 is 5.97 Å². The normalized spacial score (nSPS) is 28.6. The number of alkyl halides is 1. The molecule has 0 aromatic heterocycles. The number of esters is 1. The van der Waals surface area contributed by atoms with Crippen molar-refractivity contribution in [2.45, 2.75) is 107 Å². The number of aliphatic hydroxyl groups is 1. The fraction of sp³-hybridized carbons (Fsp3) is 0.600. The number of carbonyl (C=O) groups is 4. The van der Waals surface area contributed by atoms with E-state index in [1.54, 1.807) is 24.0 Å². The molecule has 3 aliphatic rings. The molecule has 11 heteroatoms. The number of nitrogens with zero attached hydrogens (tertiary/aromatic N) is 2. The minimum Gasteiger partial charge on any atom is -0.455 e. The van der Waals surface area contributed by atoms with Crippen LogP contribution in [0, 0.1) is 11.8 Å². The van der Waals surface area contributed by atoms with Gasteiger partial charge in [0, 0.05) is 23.3 Å². The Hall–Kier alpha value is -3.02. The van der Waals surface area contributed by atoms with Crippen LogP contribution in [0.3, 0.4) is 0 Å². The zero-order chi connectivity index (χ0) is 34.0. The van der Waals surface area contributed by atoms with Crippen LogP contribution in [0.5, 0.6) is 0 Å². The summed E-state index contributed by atoms with van der Waals surface area (Å²) in [5.41, 5.74) is -1.23. The van der Waals surface area contributed by atoms with Gasteiger partial charge in [0.2, 0.25) is 17.7 Å². The van der Waals surface area contributed by atoms with Crippen molar-refractivity contribution in [3.63, 3.8) is 0 Å². The Labute approximate surface area is 280 Å². The molecule has 3 heterocycles. The van der Waals surface area contributed by atoms with Crippen LogP contribution in [0.25, 0.3) is 0 Å². The van der Waals surface area contributed by atoms with E-state index in [-0.39, 0.29) is 36.2 Å². The Morgan fingerprint density at radius 2 is 1.91 bits per heavy atom. The Morgan fingerprint density at radius 1 is 1.24 bits per heavy atom. The number of fused-ring (bicyclic) bond motifs is 1. The second-order valence-electron chi connectivity index (χ2n) is 13.5. The molecule has 0 saturated carbocycles. The molecule has 1 unspecified atom stereocenters. The van der Waals surface area contributed by atoms with Crippen molar-refractivity contribution in [1.29, 1.82) is 0 Å². The van der Waals surface area contributed by atoms with Crippen LogP contribution >= 0.6 is 15.9 Å². The first-order valence-corrected chi connectivity index (χ1v) is 17.0. The van der Waals surface area contributed by atoms with Gasteiger partial charge in [0.1, 0.15) is 17.7 Å². The largest absolute Gasteiger partial charge is 0.455 e. The van der Waals surface area contributed by atoms with Gasteiger partial charge in [0.15, 0.2) is 0 Å². The van der Waals surface area contributed by atoms with Crippen LogP contribution in [0.4, 0.5) is 0 Å². The molecular formula is C35H48BrN3O7. The number of halogens is 1. The van der Waals surface area contributed by atoms with Crippen molar-refractivity contribution in [1.82, 2.24) is 15.1 Å². The van der Waals surface area contributed by atoms with Crippen molar-refractivity contribution in [3.8, 4) is 0 Å². The molecule has 3 aliphatic heterocycles. The third kappa shape index (κ3) is 6.55. The van der Waals surface area contributed by atoms with Crippen LogP contribution in [-0.4, -0.2) is 91.9 Å². The number of benzene rings is 1. The molecule has 3 saturated heterocycles. The molecule has 10 nitrogen and oxygen atoms in total. The smallest absolute Gasteiger partial charge is 0.313 e. The standard InChI is InChI=1S/C35H48BrN3O7/c1-8-11-17-25(41)37-21(4)28(22-15-13-12-14-16-22)45-33(44)26-27-31(42)39(23(10-3)20-40)30(35(27)19-24(36)29(26)46-35)32(43)38(18-9-2)34(5,6)7/h8-9,12-16,21,23-24,26-30,40H,1-2,10-11,17-20H2,3-7H3,(H,37,41)/t21-,23+,24?,26-,27+,28-,29-,30-,35+/m1/s1. The number of allylic oxidation sites excluding steroid dienone is 1. The summed E-state index contributed by atoms with van der Waals surface area (Å²) in [6, 6.07) is 6.85. The highest BCUT2D eigenvalue weighted by molar-refractivity contribution is 9.09. The highest BCUT2D eigenvalue weighted by Gasteiger charge is 2.77. The quantitative estimate of drug-likeness (QED) is 0.170. The summed E-state index contributed by atoms with van der Waals surface area (Å²) in [6.07, 6.45) is 3.24. The predicted octanol–water partition coefficient (Wildman–Crippen LogP) is 4.07. The van der Waals surface area contributed by atoms with Crippen LogP contribution in [0.1, 0.15) is 72.0 Å². The van der Waals surface area contributed by atoms with Gasteiger partial charge in [-0.15, -0.1) is 13.2 Å². The molecule has 0 aliphatic carbocycles. The monoisotopic (exact) mass is 701 g/mol. The second-order valence-corrected chi connectivity index (χ2v) is 14.7. The number of rotatable bonds is 14. The molecule has 252 valence electrons. The fourth-order valence-corrected chi connectivity index (χ4v) is 8.28. The van der Waals surface area contributed by atoms with E-state index in [0.29, 0.717) is 24.8 Å². The topological polar surface area (TPSA) is 125 Å². The lowest BCUT2D eigenvalue weighted by Gasteiger charge is -2.43. The van der Waals surface area contributed by atoms with Crippen molar-refractivity contribution in [3.05, 3.63) is 61.2 Å². The average Bonchev–Trinajstić information content (AvgIpc) is 3.61. The van der Waals surface area contributed by atoms with E-state index >= 15 is 0 Å². The van der Waals surface area contributed by atoms with Crippen LogP contribution < -0.4 is 5.32 Å². The highest BCUT2D eigenvalue weighted by atomic mass is 79.9. The van der Waals surface area contributed by atoms with E-state index in [1.807, 2.05) is 58.0 Å². The highest BCUT2D eigenvalue weighted by Crippen LogP contribution is 2.61. The predicted molar refractivity (Wildman–Crippen MR) is 178 cm³/mol. The summed E-state index contributed by atoms with van der Waals surface area (Å²) >= 11 is 3.71. The number of hydrogen-bond donors (Lipinski definition) is 2. The Morgan fingerprint density at radius 3 is 2.48 bits per heavy atom. The van der Waals surface area contributed by atoms with Gasteiger partial charge in [0.05, 0.1) is 36.6 Å². The zero-order valence-electron chi connectivity index (χ0n) is 27.5. The molecule has 0 radical (unpaired) electrons. The first kappa shape index (κ1) is 35.8. The van der Waals surface area contributed by atoms with Gasteiger partial charge in [0.25, 0.3) is 0 Å². The molecule has 46 heavy (non-hydrogen) atoms. The number of ether oxygens (including phenoxy) is 2. The van der Waals surface area contributed by atoms with E-state index in [0.717, 1.165) is 0 Å². The van der Waals surface area contributed by atoms with Gasteiger partial charge in [-0.05, 0) is 52.5 Å². The van der Waals surface area contributed by atoms with Crippen molar-refractivity contribution >= 4 is 39.6 Å². The first-order valence-electron chi connectivity index (χ1n) is 16.1. The molecule has 4 rings (SSSR count).